The summed E-state index contributed by atoms with van der Waals surface area (Å²) >= 11 is 1.75. The number of hydrogen-bond acceptors (Lipinski definition) is 4. The fourth-order valence-electron chi connectivity index (χ4n) is 2.87. The highest BCUT2D eigenvalue weighted by molar-refractivity contribution is 7.11. The van der Waals surface area contributed by atoms with Crippen LogP contribution in [0, 0.1) is 13.8 Å². The van der Waals surface area contributed by atoms with Crippen LogP contribution in [0.5, 0.6) is 0 Å². The lowest BCUT2D eigenvalue weighted by Crippen LogP contribution is -2.42. The Labute approximate surface area is 138 Å². The molecule has 2 N–H and O–H groups in total. The molecule has 2 rings (SSSR count). The molecule has 6 heteroatoms. The normalized spacial score (nSPS) is 16.5. The molecule has 124 valence electrons. The van der Waals surface area contributed by atoms with Gasteiger partial charge in [0.1, 0.15) is 5.01 Å². The van der Waals surface area contributed by atoms with Gasteiger partial charge < -0.3 is 15.5 Å². The number of hydrogen-bond donors (Lipinski definition) is 2. The molecule has 0 saturated heterocycles. The summed E-state index contributed by atoms with van der Waals surface area (Å²) in [7, 11) is 4.04. The zero-order chi connectivity index (χ0) is 15.9. The summed E-state index contributed by atoms with van der Waals surface area (Å²) in [4.78, 5) is 12.6. The molecule has 1 aliphatic rings. The summed E-state index contributed by atoms with van der Waals surface area (Å²) in [5, 5.41) is 7.84. The van der Waals surface area contributed by atoms with Crippen molar-refractivity contribution in [2.45, 2.75) is 52.1 Å². The molecule has 0 atom stereocenters. The predicted octanol–water partition coefficient (Wildman–Crippen LogP) is 2.30. The monoisotopic (exact) mass is 323 g/mol. The third-order valence-electron chi connectivity index (χ3n) is 4.41. The van der Waals surface area contributed by atoms with Crippen molar-refractivity contribution in [3.05, 3.63) is 15.6 Å². The van der Waals surface area contributed by atoms with Gasteiger partial charge in [-0.05, 0) is 33.7 Å². The van der Waals surface area contributed by atoms with E-state index in [1.807, 2.05) is 7.05 Å². The summed E-state index contributed by atoms with van der Waals surface area (Å²) in [6, 6.07) is 0.776. The topological polar surface area (TPSA) is 52.6 Å². The van der Waals surface area contributed by atoms with E-state index in [1.54, 1.807) is 11.3 Å². The molecule has 1 aromatic heterocycles. The van der Waals surface area contributed by atoms with Crippen molar-refractivity contribution in [1.82, 2.24) is 20.5 Å². The lowest BCUT2D eigenvalue weighted by Gasteiger charge is -2.24. The van der Waals surface area contributed by atoms with Gasteiger partial charge in [0.15, 0.2) is 5.96 Å². The largest absolute Gasteiger partial charge is 0.355 e. The molecule has 0 spiro atoms. The van der Waals surface area contributed by atoms with Crippen molar-refractivity contribution in [3.8, 4) is 0 Å². The number of aromatic nitrogens is 1. The molecular formula is C16H29N5S. The molecule has 0 amide bonds. The van der Waals surface area contributed by atoms with Gasteiger partial charge in [-0.15, -0.1) is 11.3 Å². The van der Waals surface area contributed by atoms with Crippen molar-refractivity contribution in [2.75, 3.05) is 27.2 Å². The van der Waals surface area contributed by atoms with E-state index in [0.717, 1.165) is 42.3 Å². The van der Waals surface area contributed by atoms with E-state index in [-0.39, 0.29) is 0 Å². The number of thiazole rings is 1. The zero-order valence-electron chi connectivity index (χ0n) is 14.3. The first-order valence-electron chi connectivity index (χ1n) is 8.18. The smallest absolute Gasteiger partial charge is 0.191 e. The summed E-state index contributed by atoms with van der Waals surface area (Å²) in [5.74, 6) is 0.852. The van der Waals surface area contributed by atoms with E-state index < -0.39 is 0 Å². The molecule has 0 radical (unpaired) electrons. The van der Waals surface area contributed by atoms with Gasteiger partial charge >= 0.3 is 0 Å². The number of nitrogens with one attached hydrogen (secondary N) is 2. The number of aryl methyl sites for hydroxylation is 2. The highest BCUT2D eigenvalue weighted by Crippen LogP contribution is 2.21. The van der Waals surface area contributed by atoms with Gasteiger partial charge in [0, 0.05) is 31.1 Å². The SMILES string of the molecule is CN=C(NCCN(C)C1CCCC1)NCc1nc(C)c(C)s1. The number of rotatable bonds is 6. The van der Waals surface area contributed by atoms with Crippen LogP contribution in [0.3, 0.4) is 0 Å². The lowest BCUT2D eigenvalue weighted by molar-refractivity contribution is 0.249. The average molecular weight is 324 g/mol. The maximum Gasteiger partial charge on any atom is 0.191 e. The van der Waals surface area contributed by atoms with Crippen molar-refractivity contribution >= 4 is 17.3 Å². The minimum atomic E-state index is 0.734. The van der Waals surface area contributed by atoms with Crippen molar-refractivity contribution in [1.29, 1.82) is 0 Å². The number of guanidine groups is 1. The van der Waals surface area contributed by atoms with Crippen molar-refractivity contribution in [3.63, 3.8) is 0 Å². The molecular weight excluding hydrogens is 294 g/mol. The van der Waals surface area contributed by atoms with Crippen LogP contribution >= 0.6 is 11.3 Å². The maximum absolute atomic E-state index is 4.54. The summed E-state index contributed by atoms with van der Waals surface area (Å²) in [5.41, 5.74) is 1.13. The minimum Gasteiger partial charge on any atom is -0.355 e. The first-order chi connectivity index (χ1) is 10.6. The molecule has 0 bridgehead atoms. The third kappa shape index (κ3) is 4.95. The number of nitrogens with zero attached hydrogens (tertiary/aromatic N) is 3. The van der Waals surface area contributed by atoms with E-state index in [0.29, 0.717) is 0 Å². The van der Waals surface area contributed by atoms with Crippen LogP contribution in [0.1, 0.15) is 41.3 Å². The van der Waals surface area contributed by atoms with E-state index in [1.165, 1.54) is 30.6 Å². The Hall–Kier alpha value is -1.14. The van der Waals surface area contributed by atoms with E-state index in [9.17, 15) is 0 Å². The molecule has 0 unspecified atom stereocenters. The molecule has 1 saturated carbocycles. The van der Waals surface area contributed by atoms with Gasteiger partial charge in [0.2, 0.25) is 0 Å². The van der Waals surface area contributed by atoms with Crippen LogP contribution in [0.2, 0.25) is 0 Å². The third-order valence-corrected chi connectivity index (χ3v) is 5.48. The minimum absolute atomic E-state index is 0.734. The predicted molar refractivity (Wildman–Crippen MR) is 94.7 cm³/mol. The number of likely N-dealkylation sites (N-methyl/N-ethyl adjacent to an activating group) is 1. The highest BCUT2D eigenvalue weighted by atomic mass is 32.1. The molecule has 0 aromatic carbocycles. The summed E-state index contributed by atoms with van der Waals surface area (Å²) in [6.07, 6.45) is 5.48. The Kier molecular flexibility index (Phi) is 6.64. The van der Waals surface area contributed by atoms with Crippen LogP contribution < -0.4 is 10.6 Å². The van der Waals surface area contributed by atoms with Crippen LogP contribution in [-0.2, 0) is 6.54 Å². The van der Waals surface area contributed by atoms with E-state index >= 15 is 0 Å². The Bertz CT molecular complexity index is 471. The summed E-state index contributed by atoms with van der Waals surface area (Å²) < 4.78 is 0. The molecule has 1 aliphatic carbocycles. The highest BCUT2D eigenvalue weighted by Gasteiger charge is 2.18. The molecule has 1 heterocycles. The fraction of sp³-hybridized carbons (Fsp3) is 0.750. The second-order valence-corrected chi connectivity index (χ2v) is 7.31. The molecule has 1 aromatic rings. The van der Waals surface area contributed by atoms with Crippen molar-refractivity contribution in [2.24, 2.45) is 4.99 Å². The van der Waals surface area contributed by atoms with Crippen LogP contribution in [0.15, 0.2) is 4.99 Å². The van der Waals surface area contributed by atoms with Gasteiger partial charge in [-0.2, -0.15) is 0 Å². The molecule has 5 nitrogen and oxygen atoms in total. The van der Waals surface area contributed by atoms with Gasteiger partial charge in [-0.1, -0.05) is 12.8 Å². The molecule has 22 heavy (non-hydrogen) atoms. The first-order valence-corrected chi connectivity index (χ1v) is 8.99. The standard InChI is InChI=1S/C16H29N5S/c1-12-13(2)22-15(20-12)11-19-16(17-3)18-9-10-21(4)14-7-5-6-8-14/h14H,5-11H2,1-4H3,(H2,17,18,19). The Balaban J connectivity index is 1.68. The Morgan fingerprint density at radius 1 is 1.32 bits per heavy atom. The number of aliphatic imine (C=N–C) groups is 1. The second kappa shape index (κ2) is 8.48. The second-order valence-electron chi connectivity index (χ2n) is 6.02. The fourth-order valence-corrected chi connectivity index (χ4v) is 3.75. The zero-order valence-corrected chi connectivity index (χ0v) is 15.1. The van der Waals surface area contributed by atoms with E-state index in [4.69, 9.17) is 0 Å². The van der Waals surface area contributed by atoms with Gasteiger partial charge in [0.05, 0.1) is 12.2 Å². The first kappa shape index (κ1) is 17.2. The van der Waals surface area contributed by atoms with Gasteiger partial charge in [-0.25, -0.2) is 4.98 Å². The van der Waals surface area contributed by atoms with Gasteiger partial charge in [0.25, 0.3) is 0 Å². The van der Waals surface area contributed by atoms with E-state index in [2.05, 4.69) is 46.4 Å². The van der Waals surface area contributed by atoms with Crippen LogP contribution in [0.25, 0.3) is 0 Å². The Morgan fingerprint density at radius 3 is 2.64 bits per heavy atom. The lowest BCUT2D eigenvalue weighted by atomic mass is 10.2. The molecule has 1 fully saturated rings. The molecule has 0 aliphatic heterocycles. The average Bonchev–Trinajstić information content (AvgIpc) is 3.13. The Morgan fingerprint density at radius 2 is 2.05 bits per heavy atom. The maximum atomic E-state index is 4.54. The summed E-state index contributed by atoms with van der Waals surface area (Å²) in [6.45, 7) is 6.88. The van der Waals surface area contributed by atoms with Crippen LogP contribution in [0.4, 0.5) is 0 Å². The quantitative estimate of drug-likeness (QED) is 0.623. The van der Waals surface area contributed by atoms with Crippen molar-refractivity contribution < 1.29 is 0 Å². The van der Waals surface area contributed by atoms with Gasteiger partial charge in [-0.3, -0.25) is 4.99 Å². The van der Waals surface area contributed by atoms with Crippen LogP contribution in [-0.4, -0.2) is 49.1 Å².